The van der Waals surface area contributed by atoms with E-state index in [9.17, 15) is 4.79 Å². The number of rotatable bonds is 2. The Hall–Kier alpha value is -2.30. The van der Waals surface area contributed by atoms with Gasteiger partial charge >= 0.3 is 0 Å². The van der Waals surface area contributed by atoms with Gasteiger partial charge < -0.3 is 14.8 Å². The van der Waals surface area contributed by atoms with Crippen LogP contribution >= 0.6 is 0 Å². The lowest BCUT2D eigenvalue weighted by molar-refractivity contribution is 0.0647. The van der Waals surface area contributed by atoms with E-state index in [2.05, 4.69) is 39.1 Å². The maximum absolute atomic E-state index is 12.7. The molecule has 22 heavy (non-hydrogen) atoms. The molecule has 2 aliphatic rings. The molecule has 5 heteroatoms. The first-order valence-electron chi connectivity index (χ1n) is 7.99. The lowest BCUT2D eigenvalue weighted by atomic mass is 10.1. The molecule has 1 amide bonds. The van der Waals surface area contributed by atoms with Crippen LogP contribution in [0.1, 0.15) is 41.7 Å². The van der Waals surface area contributed by atoms with E-state index >= 15 is 0 Å². The highest BCUT2D eigenvalue weighted by molar-refractivity contribution is 5.99. The van der Waals surface area contributed by atoms with Gasteiger partial charge in [0.1, 0.15) is 11.9 Å². The fourth-order valence-electron chi connectivity index (χ4n) is 3.56. The average molecular weight is 296 g/mol. The molecule has 1 atom stereocenters. The summed E-state index contributed by atoms with van der Waals surface area (Å²) in [5.74, 6) is 0.903. The number of fused-ring (bicyclic) bond motifs is 2. The van der Waals surface area contributed by atoms with Gasteiger partial charge in [0.15, 0.2) is 5.82 Å². The number of carbonyl (C=O) groups excluding carboxylic acids is 1. The van der Waals surface area contributed by atoms with Crippen molar-refractivity contribution in [3.05, 3.63) is 47.9 Å². The molecule has 3 heterocycles. The summed E-state index contributed by atoms with van der Waals surface area (Å²) in [7, 11) is 0. The van der Waals surface area contributed by atoms with Gasteiger partial charge in [0.05, 0.1) is 6.33 Å². The third-order valence-electron chi connectivity index (χ3n) is 4.64. The van der Waals surface area contributed by atoms with Crippen molar-refractivity contribution in [3.8, 4) is 0 Å². The Morgan fingerprint density at radius 3 is 2.91 bits per heavy atom. The highest BCUT2D eigenvalue weighted by atomic mass is 16.2. The molecule has 1 saturated heterocycles. The van der Waals surface area contributed by atoms with Crippen LogP contribution in [0.15, 0.2) is 36.7 Å². The number of nitrogens with one attached hydrogen (secondary N) is 1. The molecule has 5 nitrogen and oxygen atoms in total. The minimum atomic E-state index is 0.101. The highest BCUT2D eigenvalue weighted by Crippen LogP contribution is 2.33. The molecule has 1 aromatic carbocycles. The van der Waals surface area contributed by atoms with Crippen LogP contribution in [0.4, 0.5) is 5.82 Å². The molecule has 1 aromatic heterocycles. The number of benzene rings is 1. The van der Waals surface area contributed by atoms with E-state index in [-0.39, 0.29) is 12.1 Å². The number of anilines is 1. The molecule has 0 radical (unpaired) electrons. The van der Waals surface area contributed by atoms with Crippen LogP contribution < -0.4 is 4.90 Å². The number of nitrogens with zero attached hydrogens (tertiary/aromatic N) is 3. The Kier molecular flexibility index (Phi) is 3.33. The Bertz CT molecular complexity index is 666. The molecule has 1 fully saturated rings. The van der Waals surface area contributed by atoms with Crippen molar-refractivity contribution in [2.24, 2.45) is 0 Å². The van der Waals surface area contributed by atoms with Crippen molar-refractivity contribution in [2.75, 3.05) is 11.4 Å². The zero-order valence-corrected chi connectivity index (χ0v) is 12.5. The van der Waals surface area contributed by atoms with E-state index in [0.29, 0.717) is 5.69 Å². The van der Waals surface area contributed by atoms with Crippen molar-refractivity contribution in [2.45, 2.75) is 38.4 Å². The number of H-pyrrole nitrogens is 1. The smallest absolute Gasteiger partial charge is 0.275 e. The summed E-state index contributed by atoms with van der Waals surface area (Å²) < 4.78 is 0. The van der Waals surface area contributed by atoms with Gasteiger partial charge in [0, 0.05) is 13.1 Å². The quantitative estimate of drug-likeness (QED) is 0.927. The number of aromatic nitrogens is 2. The standard InChI is InChI=1S/C17H20N4O/c22-17-15-16(19-12-18-15)21(11-13-7-3-1-4-8-13)14-9-5-2-6-10-20(14)17/h1,3-4,7-8,12,14H,2,5-6,9-11H2,(H,18,19). The molecule has 114 valence electrons. The number of amides is 1. The molecule has 2 aromatic rings. The molecule has 2 aliphatic heterocycles. The lowest BCUT2D eigenvalue weighted by Gasteiger charge is -2.43. The highest BCUT2D eigenvalue weighted by Gasteiger charge is 2.39. The second kappa shape index (κ2) is 5.48. The predicted octanol–water partition coefficient (Wildman–Crippen LogP) is 2.77. The normalized spacial score (nSPS) is 21.3. The van der Waals surface area contributed by atoms with Crippen molar-refractivity contribution in [1.82, 2.24) is 14.9 Å². The molecule has 0 spiro atoms. The Balaban J connectivity index is 1.73. The second-order valence-corrected chi connectivity index (χ2v) is 6.04. The van der Waals surface area contributed by atoms with Crippen LogP contribution in [0.2, 0.25) is 0 Å². The fourth-order valence-corrected chi connectivity index (χ4v) is 3.56. The SMILES string of the molecule is O=C1c2[nH]cnc2N(Cc2ccccc2)C2CCCCCN12. The third kappa shape index (κ3) is 2.17. The van der Waals surface area contributed by atoms with Crippen LogP contribution in [-0.2, 0) is 6.54 Å². The van der Waals surface area contributed by atoms with Crippen LogP contribution in [0.3, 0.4) is 0 Å². The van der Waals surface area contributed by atoms with Gasteiger partial charge in [-0.2, -0.15) is 0 Å². The summed E-state index contributed by atoms with van der Waals surface area (Å²) >= 11 is 0. The first-order chi connectivity index (χ1) is 10.8. The van der Waals surface area contributed by atoms with E-state index in [1.54, 1.807) is 6.33 Å². The number of hydrogen-bond acceptors (Lipinski definition) is 3. The summed E-state index contributed by atoms with van der Waals surface area (Å²) in [5, 5.41) is 0. The zero-order valence-electron chi connectivity index (χ0n) is 12.5. The fraction of sp³-hybridized carbons (Fsp3) is 0.412. The number of carbonyl (C=O) groups is 1. The van der Waals surface area contributed by atoms with E-state index in [1.165, 1.54) is 18.4 Å². The Morgan fingerprint density at radius 1 is 1.18 bits per heavy atom. The molecular weight excluding hydrogens is 276 g/mol. The number of imidazole rings is 1. The summed E-state index contributed by atoms with van der Waals surface area (Å²) in [6, 6.07) is 10.4. The van der Waals surface area contributed by atoms with Crippen molar-refractivity contribution >= 4 is 11.7 Å². The van der Waals surface area contributed by atoms with Crippen LogP contribution in [-0.4, -0.2) is 33.5 Å². The van der Waals surface area contributed by atoms with Crippen LogP contribution in [0, 0.1) is 0 Å². The molecule has 0 bridgehead atoms. The van der Waals surface area contributed by atoms with Gasteiger partial charge in [-0.1, -0.05) is 36.8 Å². The molecule has 0 saturated carbocycles. The second-order valence-electron chi connectivity index (χ2n) is 6.04. The largest absolute Gasteiger partial charge is 0.339 e. The molecule has 1 N–H and O–H groups in total. The summed E-state index contributed by atoms with van der Waals surface area (Å²) in [5.41, 5.74) is 1.88. The Labute approximate surface area is 130 Å². The topological polar surface area (TPSA) is 52.2 Å². The van der Waals surface area contributed by atoms with Gasteiger partial charge in [-0.25, -0.2) is 4.98 Å². The number of aromatic amines is 1. The van der Waals surface area contributed by atoms with Gasteiger partial charge in [-0.3, -0.25) is 4.79 Å². The zero-order chi connectivity index (χ0) is 14.9. The van der Waals surface area contributed by atoms with Gasteiger partial charge in [0.2, 0.25) is 0 Å². The monoisotopic (exact) mass is 296 g/mol. The first kappa shape index (κ1) is 13.4. The minimum Gasteiger partial charge on any atom is -0.339 e. The predicted molar refractivity (Wildman–Crippen MR) is 84.5 cm³/mol. The Morgan fingerprint density at radius 2 is 2.05 bits per heavy atom. The maximum atomic E-state index is 12.7. The van der Waals surface area contributed by atoms with Crippen molar-refractivity contribution in [1.29, 1.82) is 0 Å². The van der Waals surface area contributed by atoms with Gasteiger partial charge in [-0.15, -0.1) is 0 Å². The molecular formula is C17H20N4O. The molecule has 1 unspecified atom stereocenters. The van der Waals surface area contributed by atoms with E-state index in [4.69, 9.17) is 0 Å². The van der Waals surface area contributed by atoms with Gasteiger partial charge in [0.25, 0.3) is 5.91 Å². The minimum absolute atomic E-state index is 0.101. The van der Waals surface area contributed by atoms with Crippen LogP contribution in [0.5, 0.6) is 0 Å². The molecule has 0 aliphatic carbocycles. The van der Waals surface area contributed by atoms with Gasteiger partial charge in [-0.05, 0) is 24.8 Å². The summed E-state index contributed by atoms with van der Waals surface area (Å²) in [4.78, 5) is 24.5. The summed E-state index contributed by atoms with van der Waals surface area (Å²) in [6.45, 7) is 1.63. The summed E-state index contributed by atoms with van der Waals surface area (Å²) in [6.07, 6.45) is 6.23. The van der Waals surface area contributed by atoms with Crippen molar-refractivity contribution in [3.63, 3.8) is 0 Å². The van der Waals surface area contributed by atoms with E-state index in [0.717, 1.165) is 31.7 Å². The van der Waals surface area contributed by atoms with E-state index < -0.39 is 0 Å². The van der Waals surface area contributed by atoms with E-state index in [1.807, 2.05) is 11.0 Å². The average Bonchev–Trinajstić information content (AvgIpc) is 2.90. The van der Waals surface area contributed by atoms with Crippen LogP contribution in [0.25, 0.3) is 0 Å². The van der Waals surface area contributed by atoms with Crippen molar-refractivity contribution < 1.29 is 4.79 Å². The third-order valence-corrected chi connectivity index (χ3v) is 4.64. The maximum Gasteiger partial charge on any atom is 0.275 e. The molecule has 4 rings (SSSR count). The number of hydrogen-bond donors (Lipinski definition) is 1. The lowest BCUT2D eigenvalue weighted by Crippen LogP contribution is -2.54. The first-order valence-corrected chi connectivity index (χ1v) is 7.99.